The molecule has 3 aromatic rings. The maximum Gasteiger partial charge on any atom is 0.277 e. The Morgan fingerprint density at radius 3 is 2.68 bits per heavy atom. The van der Waals surface area contributed by atoms with Crippen LogP contribution < -0.4 is 0 Å². The van der Waals surface area contributed by atoms with E-state index in [0.29, 0.717) is 18.6 Å². The second-order valence-electron chi connectivity index (χ2n) is 5.19. The van der Waals surface area contributed by atoms with Crippen LogP contribution in [0.2, 0.25) is 0 Å². The van der Waals surface area contributed by atoms with Gasteiger partial charge in [-0.1, -0.05) is 18.2 Å². The number of nitrogens with zero attached hydrogens (tertiary/aromatic N) is 4. The van der Waals surface area contributed by atoms with E-state index in [0.717, 1.165) is 11.2 Å². The van der Waals surface area contributed by atoms with Gasteiger partial charge in [0.2, 0.25) is 5.16 Å². The van der Waals surface area contributed by atoms with E-state index >= 15 is 0 Å². The first-order chi connectivity index (χ1) is 10.7. The van der Waals surface area contributed by atoms with Crippen molar-refractivity contribution in [1.29, 1.82) is 0 Å². The third-order valence-electron chi connectivity index (χ3n) is 3.83. The molecule has 2 aromatic heterocycles. The van der Waals surface area contributed by atoms with Crippen LogP contribution in [-0.2, 0) is 23.1 Å². The van der Waals surface area contributed by atoms with E-state index in [1.807, 2.05) is 42.5 Å². The van der Waals surface area contributed by atoms with Crippen LogP contribution in [0.3, 0.4) is 0 Å². The molecular formula is C15H14N4O2S. The summed E-state index contributed by atoms with van der Waals surface area (Å²) in [6, 6.07) is 13.0. The minimum Gasteiger partial charge on any atom is -0.312 e. The number of benzene rings is 1. The van der Waals surface area contributed by atoms with Crippen LogP contribution in [0.15, 0.2) is 53.8 Å². The molecule has 0 radical (unpaired) electrons. The number of rotatable bonds is 2. The third-order valence-corrected chi connectivity index (χ3v) is 5.59. The van der Waals surface area contributed by atoms with E-state index in [1.54, 1.807) is 10.8 Å². The van der Waals surface area contributed by atoms with Gasteiger partial charge < -0.3 is 4.57 Å². The monoisotopic (exact) mass is 314 g/mol. The van der Waals surface area contributed by atoms with Gasteiger partial charge in [0.15, 0.2) is 0 Å². The summed E-state index contributed by atoms with van der Waals surface area (Å²) >= 11 is 0. The Morgan fingerprint density at radius 1 is 1.05 bits per heavy atom. The molecule has 22 heavy (non-hydrogen) atoms. The lowest BCUT2D eigenvalue weighted by Crippen LogP contribution is -2.39. The summed E-state index contributed by atoms with van der Waals surface area (Å²) in [5, 5.41) is 0.121. The lowest BCUT2D eigenvalue weighted by molar-refractivity contribution is 0.349. The molecule has 0 saturated heterocycles. The maximum absolute atomic E-state index is 12.8. The number of fused-ring (bicyclic) bond motifs is 3. The number of para-hydroxylation sites is 2. The Bertz CT molecular complexity index is 935. The fourth-order valence-electron chi connectivity index (χ4n) is 2.75. The van der Waals surface area contributed by atoms with Gasteiger partial charge in [0.05, 0.1) is 23.3 Å². The number of pyridine rings is 1. The van der Waals surface area contributed by atoms with Crippen LogP contribution in [0.5, 0.6) is 0 Å². The predicted octanol–water partition coefficient (Wildman–Crippen LogP) is 1.64. The molecule has 7 heteroatoms. The van der Waals surface area contributed by atoms with E-state index in [-0.39, 0.29) is 11.7 Å². The summed E-state index contributed by atoms with van der Waals surface area (Å²) in [5.41, 5.74) is 2.30. The topological polar surface area (TPSA) is 68.1 Å². The molecule has 1 aromatic carbocycles. The largest absolute Gasteiger partial charge is 0.312 e. The second-order valence-corrected chi connectivity index (χ2v) is 7.03. The van der Waals surface area contributed by atoms with Crippen LogP contribution >= 0.6 is 0 Å². The second kappa shape index (κ2) is 4.89. The molecule has 0 fully saturated rings. The van der Waals surface area contributed by atoms with E-state index in [2.05, 4.69) is 9.97 Å². The molecule has 112 valence electrons. The van der Waals surface area contributed by atoms with Crippen molar-refractivity contribution in [1.82, 2.24) is 18.8 Å². The van der Waals surface area contributed by atoms with Crippen molar-refractivity contribution >= 4 is 21.1 Å². The van der Waals surface area contributed by atoms with Crippen LogP contribution in [0.4, 0.5) is 0 Å². The number of hydrogen-bond acceptors (Lipinski definition) is 4. The fraction of sp³-hybridized carbons (Fsp3) is 0.200. The minimum atomic E-state index is -3.60. The average molecular weight is 314 g/mol. The Kier molecular flexibility index (Phi) is 2.98. The van der Waals surface area contributed by atoms with Crippen molar-refractivity contribution in [3.8, 4) is 0 Å². The normalized spacial score (nSPS) is 17.5. The highest BCUT2D eigenvalue weighted by Gasteiger charge is 2.34. The summed E-state index contributed by atoms with van der Waals surface area (Å²) in [4.78, 5) is 8.51. The third kappa shape index (κ3) is 2.01. The van der Waals surface area contributed by atoms with Crippen molar-refractivity contribution in [2.75, 3.05) is 6.54 Å². The van der Waals surface area contributed by atoms with Gasteiger partial charge in [-0.25, -0.2) is 13.4 Å². The molecule has 0 bridgehead atoms. The Balaban J connectivity index is 1.77. The van der Waals surface area contributed by atoms with Gasteiger partial charge in [0.1, 0.15) is 0 Å². The number of hydrogen-bond donors (Lipinski definition) is 0. The summed E-state index contributed by atoms with van der Waals surface area (Å²) in [6.45, 7) is 1.29. The minimum absolute atomic E-state index is 0.121. The fourth-order valence-corrected chi connectivity index (χ4v) is 4.29. The van der Waals surface area contributed by atoms with Crippen molar-refractivity contribution in [2.24, 2.45) is 0 Å². The van der Waals surface area contributed by atoms with Gasteiger partial charge >= 0.3 is 0 Å². The van der Waals surface area contributed by atoms with Gasteiger partial charge in [-0.15, -0.1) is 0 Å². The van der Waals surface area contributed by atoms with E-state index < -0.39 is 10.0 Å². The zero-order valence-corrected chi connectivity index (χ0v) is 12.6. The number of aromatic nitrogens is 3. The first kappa shape index (κ1) is 13.4. The molecule has 3 heterocycles. The van der Waals surface area contributed by atoms with Crippen LogP contribution in [0.1, 0.15) is 5.69 Å². The number of sulfonamides is 1. The van der Waals surface area contributed by atoms with Gasteiger partial charge in [0, 0.05) is 19.3 Å². The molecular weight excluding hydrogens is 300 g/mol. The highest BCUT2D eigenvalue weighted by atomic mass is 32.2. The Labute approximate surface area is 128 Å². The standard InChI is InChI=1S/C15H14N4O2S/c20-22(21)15-17-13-6-1-2-7-14(13)19(15)10-9-18(22)11-12-5-3-4-8-16-12/h1-8H,9-11H2. The lowest BCUT2D eigenvalue weighted by atomic mass is 10.3. The van der Waals surface area contributed by atoms with Crippen molar-refractivity contribution in [3.05, 3.63) is 54.4 Å². The summed E-state index contributed by atoms with van der Waals surface area (Å²) in [6.07, 6.45) is 1.67. The zero-order chi connectivity index (χ0) is 15.2. The van der Waals surface area contributed by atoms with Crippen LogP contribution in [0, 0.1) is 0 Å². The summed E-state index contributed by atoms with van der Waals surface area (Å²) in [7, 11) is -3.60. The SMILES string of the molecule is O=S1(=O)c2nc3ccccc3n2CCN1Cc1ccccn1. The number of imidazole rings is 1. The van der Waals surface area contributed by atoms with E-state index in [1.165, 1.54) is 4.31 Å². The van der Waals surface area contributed by atoms with Gasteiger partial charge in [-0.3, -0.25) is 4.98 Å². The van der Waals surface area contributed by atoms with Crippen molar-refractivity contribution < 1.29 is 8.42 Å². The molecule has 6 nitrogen and oxygen atoms in total. The summed E-state index contributed by atoms with van der Waals surface area (Å²) in [5.74, 6) is 0. The molecule has 0 N–H and O–H groups in total. The predicted molar refractivity (Wildman–Crippen MR) is 81.6 cm³/mol. The molecule has 0 saturated carbocycles. The van der Waals surface area contributed by atoms with Gasteiger partial charge in [-0.05, 0) is 24.3 Å². The molecule has 0 amide bonds. The quantitative estimate of drug-likeness (QED) is 0.721. The van der Waals surface area contributed by atoms with Gasteiger partial charge in [0.25, 0.3) is 10.0 Å². The molecule has 0 unspecified atom stereocenters. The molecule has 4 rings (SSSR count). The lowest BCUT2D eigenvalue weighted by Gasteiger charge is -2.26. The molecule has 0 aliphatic carbocycles. The zero-order valence-electron chi connectivity index (χ0n) is 11.8. The Morgan fingerprint density at radius 2 is 1.86 bits per heavy atom. The van der Waals surface area contributed by atoms with Crippen molar-refractivity contribution in [2.45, 2.75) is 18.2 Å². The highest BCUT2D eigenvalue weighted by Crippen LogP contribution is 2.26. The van der Waals surface area contributed by atoms with E-state index in [9.17, 15) is 8.42 Å². The molecule has 1 aliphatic heterocycles. The molecule has 0 atom stereocenters. The van der Waals surface area contributed by atoms with Crippen LogP contribution in [-0.4, -0.2) is 33.8 Å². The van der Waals surface area contributed by atoms with Crippen LogP contribution in [0.25, 0.3) is 11.0 Å². The highest BCUT2D eigenvalue weighted by molar-refractivity contribution is 7.89. The van der Waals surface area contributed by atoms with E-state index in [4.69, 9.17) is 0 Å². The van der Waals surface area contributed by atoms with Gasteiger partial charge in [-0.2, -0.15) is 4.31 Å². The summed E-state index contributed by atoms with van der Waals surface area (Å²) < 4.78 is 28.8. The first-order valence-corrected chi connectivity index (χ1v) is 8.45. The maximum atomic E-state index is 12.8. The first-order valence-electron chi connectivity index (χ1n) is 7.01. The molecule has 1 aliphatic rings. The van der Waals surface area contributed by atoms with Crippen molar-refractivity contribution in [3.63, 3.8) is 0 Å². The Hall–Kier alpha value is -2.25. The smallest absolute Gasteiger partial charge is 0.277 e. The molecule has 0 spiro atoms. The average Bonchev–Trinajstić information content (AvgIpc) is 2.92.